The Balaban J connectivity index is 1.94. The van der Waals surface area contributed by atoms with Crippen LogP contribution < -0.4 is 5.32 Å². The van der Waals surface area contributed by atoms with Gasteiger partial charge < -0.3 is 10.2 Å². The van der Waals surface area contributed by atoms with Gasteiger partial charge in [-0.2, -0.15) is 13.2 Å². The number of benzene rings is 1. The van der Waals surface area contributed by atoms with E-state index in [1.54, 1.807) is 6.92 Å². The Labute approximate surface area is 155 Å². The summed E-state index contributed by atoms with van der Waals surface area (Å²) >= 11 is 0. The Hall–Kier alpha value is -2.10. The van der Waals surface area contributed by atoms with Gasteiger partial charge in [-0.05, 0) is 25.0 Å². The van der Waals surface area contributed by atoms with E-state index in [0.717, 1.165) is 12.1 Å². The van der Waals surface area contributed by atoms with Crippen molar-refractivity contribution >= 4 is 21.7 Å². The van der Waals surface area contributed by atoms with Crippen LogP contribution in [0, 0.1) is 0 Å². The summed E-state index contributed by atoms with van der Waals surface area (Å²) in [5.41, 5.74) is -0.633. The van der Waals surface area contributed by atoms with Crippen LogP contribution in [0.4, 0.5) is 13.2 Å². The standard InChI is InChI=1S/C17H21F3N2O4S/c1-2-22(10-15(23)21-14-6-7-27(25,26)11-14)16(24)9-12-4-3-5-13(8-12)17(18,19)20/h3-5,8,14H,2,6-7,9-11H2,1H3,(H,21,23)/t14-/m0/s1. The van der Waals surface area contributed by atoms with Crippen LogP contribution in [-0.4, -0.2) is 55.8 Å². The third-order valence-electron chi connectivity index (χ3n) is 4.28. The minimum absolute atomic E-state index is 0.0178. The molecule has 27 heavy (non-hydrogen) atoms. The quantitative estimate of drug-likeness (QED) is 0.774. The van der Waals surface area contributed by atoms with Gasteiger partial charge >= 0.3 is 6.18 Å². The summed E-state index contributed by atoms with van der Waals surface area (Å²) < 4.78 is 61.1. The van der Waals surface area contributed by atoms with Crippen LogP contribution in [0.15, 0.2) is 24.3 Å². The molecule has 1 aliphatic rings. The number of nitrogens with one attached hydrogen (secondary N) is 1. The summed E-state index contributed by atoms with van der Waals surface area (Å²) in [6.45, 7) is 1.58. The molecule has 10 heteroatoms. The highest BCUT2D eigenvalue weighted by atomic mass is 32.2. The Bertz CT molecular complexity index is 809. The van der Waals surface area contributed by atoms with Crippen molar-refractivity contribution in [2.75, 3.05) is 24.6 Å². The van der Waals surface area contributed by atoms with E-state index in [-0.39, 0.29) is 36.6 Å². The van der Waals surface area contributed by atoms with Gasteiger partial charge in [0, 0.05) is 12.6 Å². The van der Waals surface area contributed by atoms with Crippen molar-refractivity contribution < 1.29 is 31.2 Å². The molecule has 1 aromatic rings. The molecule has 1 N–H and O–H groups in total. The summed E-state index contributed by atoms with van der Waals surface area (Å²) in [7, 11) is -3.14. The minimum Gasteiger partial charge on any atom is -0.351 e. The number of alkyl halides is 3. The third kappa shape index (κ3) is 6.23. The zero-order chi connectivity index (χ0) is 20.2. The predicted octanol–water partition coefficient (Wildman–Crippen LogP) is 1.40. The van der Waals surface area contributed by atoms with Gasteiger partial charge in [-0.3, -0.25) is 9.59 Å². The lowest BCUT2D eigenvalue weighted by Crippen LogP contribution is -2.45. The second-order valence-electron chi connectivity index (χ2n) is 6.45. The van der Waals surface area contributed by atoms with Crippen LogP contribution in [0.1, 0.15) is 24.5 Å². The second-order valence-corrected chi connectivity index (χ2v) is 8.68. The molecule has 0 spiro atoms. The fourth-order valence-electron chi connectivity index (χ4n) is 2.88. The first-order valence-corrected chi connectivity index (χ1v) is 10.3. The van der Waals surface area contributed by atoms with Gasteiger partial charge in [0.1, 0.15) is 0 Å². The number of nitrogens with zero attached hydrogens (tertiary/aromatic N) is 1. The van der Waals surface area contributed by atoms with Gasteiger partial charge in [0.15, 0.2) is 9.84 Å². The van der Waals surface area contributed by atoms with Gasteiger partial charge in [0.2, 0.25) is 11.8 Å². The smallest absolute Gasteiger partial charge is 0.351 e. The molecule has 0 bridgehead atoms. The largest absolute Gasteiger partial charge is 0.416 e. The Morgan fingerprint density at radius 1 is 1.30 bits per heavy atom. The lowest BCUT2D eigenvalue weighted by molar-refractivity contribution is -0.138. The monoisotopic (exact) mass is 406 g/mol. The molecule has 2 amide bonds. The highest BCUT2D eigenvalue weighted by Crippen LogP contribution is 2.29. The number of likely N-dealkylation sites (N-methyl/N-ethyl adjacent to an activating group) is 1. The Kier molecular flexibility index (Phi) is 6.50. The normalized spacial score (nSPS) is 18.9. The van der Waals surface area contributed by atoms with Crippen LogP contribution >= 0.6 is 0 Å². The topological polar surface area (TPSA) is 83.6 Å². The molecule has 150 valence electrons. The Morgan fingerprint density at radius 3 is 2.56 bits per heavy atom. The number of sulfone groups is 1. The maximum absolute atomic E-state index is 12.8. The van der Waals surface area contributed by atoms with Gasteiger partial charge in [0.25, 0.3) is 0 Å². The number of rotatable bonds is 6. The fraction of sp³-hybridized carbons (Fsp3) is 0.529. The molecule has 1 atom stereocenters. The number of amides is 2. The zero-order valence-corrected chi connectivity index (χ0v) is 15.6. The molecule has 1 aromatic carbocycles. The van der Waals surface area contributed by atoms with Crippen molar-refractivity contribution in [1.29, 1.82) is 0 Å². The van der Waals surface area contributed by atoms with Crippen molar-refractivity contribution in [3.63, 3.8) is 0 Å². The first-order valence-electron chi connectivity index (χ1n) is 8.44. The lowest BCUT2D eigenvalue weighted by Gasteiger charge is -2.22. The van der Waals surface area contributed by atoms with E-state index in [1.165, 1.54) is 17.0 Å². The van der Waals surface area contributed by atoms with E-state index in [1.807, 2.05) is 0 Å². The van der Waals surface area contributed by atoms with E-state index in [9.17, 15) is 31.2 Å². The third-order valence-corrected chi connectivity index (χ3v) is 6.04. The Morgan fingerprint density at radius 2 is 2.00 bits per heavy atom. The molecule has 2 rings (SSSR count). The molecule has 6 nitrogen and oxygen atoms in total. The minimum atomic E-state index is -4.50. The molecule has 0 radical (unpaired) electrons. The maximum atomic E-state index is 12.8. The number of halogens is 3. The summed E-state index contributed by atoms with van der Waals surface area (Å²) in [5, 5.41) is 2.59. The van der Waals surface area contributed by atoms with Crippen LogP contribution in [0.2, 0.25) is 0 Å². The molecule has 1 fully saturated rings. The first kappa shape index (κ1) is 21.2. The van der Waals surface area contributed by atoms with Gasteiger partial charge in [0.05, 0.1) is 30.0 Å². The van der Waals surface area contributed by atoms with Crippen molar-refractivity contribution in [2.45, 2.75) is 32.0 Å². The van der Waals surface area contributed by atoms with Crippen molar-refractivity contribution in [3.8, 4) is 0 Å². The van der Waals surface area contributed by atoms with Gasteiger partial charge in [-0.15, -0.1) is 0 Å². The average molecular weight is 406 g/mol. The highest BCUT2D eigenvalue weighted by Gasteiger charge is 2.31. The zero-order valence-electron chi connectivity index (χ0n) is 14.8. The first-order chi connectivity index (χ1) is 12.5. The van der Waals surface area contributed by atoms with E-state index in [4.69, 9.17) is 0 Å². The molecule has 1 heterocycles. The van der Waals surface area contributed by atoms with Crippen molar-refractivity contribution in [2.24, 2.45) is 0 Å². The predicted molar refractivity (Wildman–Crippen MR) is 92.6 cm³/mol. The summed E-state index contributed by atoms with van der Waals surface area (Å²) in [6, 6.07) is 4.02. The highest BCUT2D eigenvalue weighted by molar-refractivity contribution is 7.91. The molecular formula is C17H21F3N2O4S. The SMILES string of the molecule is CCN(CC(=O)N[C@H]1CCS(=O)(=O)C1)C(=O)Cc1cccc(C(F)(F)F)c1. The average Bonchev–Trinajstić information content (AvgIpc) is 2.90. The molecule has 0 aliphatic carbocycles. The van der Waals surface area contributed by atoms with E-state index < -0.39 is 39.4 Å². The lowest BCUT2D eigenvalue weighted by atomic mass is 10.1. The van der Waals surface area contributed by atoms with Crippen molar-refractivity contribution in [3.05, 3.63) is 35.4 Å². The molecule has 0 unspecified atom stereocenters. The van der Waals surface area contributed by atoms with Gasteiger partial charge in [-0.1, -0.05) is 18.2 Å². The molecule has 1 aliphatic heterocycles. The number of hydrogen-bond donors (Lipinski definition) is 1. The van der Waals surface area contributed by atoms with Crippen LogP contribution in [0.3, 0.4) is 0 Å². The number of carbonyl (C=O) groups excluding carboxylic acids is 2. The molecular weight excluding hydrogens is 385 g/mol. The van der Waals surface area contributed by atoms with Crippen LogP contribution in [-0.2, 0) is 32.0 Å². The number of hydrogen-bond acceptors (Lipinski definition) is 4. The fourth-order valence-corrected chi connectivity index (χ4v) is 4.55. The maximum Gasteiger partial charge on any atom is 0.416 e. The molecule has 0 saturated carbocycles. The van der Waals surface area contributed by atoms with Crippen LogP contribution in [0.25, 0.3) is 0 Å². The van der Waals surface area contributed by atoms with E-state index in [2.05, 4.69) is 5.32 Å². The molecule has 0 aromatic heterocycles. The number of carbonyl (C=O) groups is 2. The van der Waals surface area contributed by atoms with Gasteiger partial charge in [-0.25, -0.2) is 8.42 Å². The van der Waals surface area contributed by atoms with E-state index in [0.29, 0.717) is 6.42 Å². The van der Waals surface area contributed by atoms with Crippen molar-refractivity contribution in [1.82, 2.24) is 10.2 Å². The molecule has 1 saturated heterocycles. The second kappa shape index (κ2) is 8.28. The summed E-state index contributed by atoms with van der Waals surface area (Å²) in [6.07, 6.45) is -4.42. The summed E-state index contributed by atoms with van der Waals surface area (Å²) in [4.78, 5) is 25.6. The summed E-state index contributed by atoms with van der Waals surface area (Å²) in [5.74, 6) is -1.07. The van der Waals surface area contributed by atoms with E-state index >= 15 is 0 Å². The van der Waals surface area contributed by atoms with Crippen LogP contribution in [0.5, 0.6) is 0 Å².